The van der Waals surface area contributed by atoms with E-state index in [4.69, 9.17) is 9.84 Å². The van der Waals surface area contributed by atoms with Gasteiger partial charge < -0.3 is 15.2 Å². The van der Waals surface area contributed by atoms with Gasteiger partial charge >= 0.3 is 5.97 Å². The molecule has 2 aromatic carbocycles. The molecule has 25 heavy (non-hydrogen) atoms. The van der Waals surface area contributed by atoms with Crippen LogP contribution in [0.25, 0.3) is 0 Å². The average Bonchev–Trinajstić information content (AvgIpc) is 2.60. The maximum Gasteiger partial charge on any atom is 0.303 e. The Morgan fingerprint density at radius 1 is 1.16 bits per heavy atom. The Labute approximate surface area is 145 Å². The fraction of sp³-hybridized carbons (Fsp3) is 0.263. The Balaban J connectivity index is 2.14. The summed E-state index contributed by atoms with van der Waals surface area (Å²) in [7, 11) is 1.32. The largest absolute Gasteiger partial charge is 0.494 e. The zero-order chi connectivity index (χ0) is 18.2. The average molecular weight is 345 g/mol. The third-order valence-electron chi connectivity index (χ3n) is 3.79. The molecule has 0 fully saturated rings. The van der Waals surface area contributed by atoms with Gasteiger partial charge in [0.15, 0.2) is 11.6 Å². The first-order chi connectivity index (χ1) is 12.0. The number of amides is 1. The third kappa shape index (κ3) is 5.31. The molecule has 1 amide bonds. The van der Waals surface area contributed by atoms with Crippen molar-refractivity contribution < 1.29 is 23.8 Å². The lowest BCUT2D eigenvalue weighted by Gasteiger charge is -2.19. The molecule has 0 heterocycles. The number of methoxy groups -OCH3 is 1. The fourth-order valence-electron chi connectivity index (χ4n) is 2.53. The number of benzene rings is 2. The fourth-order valence-corrected chi connectivity index (χ4v) is 2.53. The molecule has 0 aromatic heterocycles. The van der Waals surface area contributed by atoms with Gasteiger partial charge in [0.2, 0.25) is 0 Å². The van der Waals surface area contributed by atoms with Crippen LogP contribution in [0.3, 0.4) is 0 Å². The molecule has 132 valence electrons. The molecule has 1 unspecified atom stereocenters. The zero-order valence-corrected chi connectivity index (χ0v) is 13.9. The number of rotatable bonds is 8. The zero-order valence-electron chi connectivity index (χ0n) is 13.9. The SMILES string of the molecule is COc1cccc(C(=O)NC(CCC(=O)O)Cc2ccccc2)c1F. The van der Waals surface area contributed by atoms with Gasteiger partial charge in [-0.1, -0.05) is 36.4 Å². The molecule has 0 bridgehead atoms. The Hall–Kier alpha value is -2.89. The predicted molar refractivity (Wildman–Crippen MR) is 91.2 cm³/mol. The topological polar surface area (TPSA) is 75.6 Å². The lowest BCUT2D eigenvalue weighted by Crippen LogP contribution is -2.37. The highest BCUT2D eigenvalue weighted by atomic mass is 19.1. The second-order valence-electron chi connectivity index (χ2n) is 5.61. The normalized spacial score (nSPS) is 11.6. The number of ether oxygens (including phenoxy) is 1. The van der Waals surface area contributed by atoms with E-state index < -0.39 is 23.7 Å². The summed E-state index contributed by atoms with van der Waals surface area (Å²) in [5.41, 5.74) is 0.831. The van der Waals surface area contributed by atoms with Crippen LogP contribution in [0.1, 0.15) is 28.8 Å². The van der Waals surface area contributed by atoms with Crippen LogP contribution in [0.4, 0.5) is 4.39 Å². The van der Waals surface area contributed by atoms with Crippen LogP contribution in [-0.2, 0) is 11.2 Å². The summed E-state index contributed by atoms with van der Waals surface area (Å²) in [5, 5.41) is 11.6. The van der Waals surface area contributed by atoms with Crippen LogP contribution in [-0.4, -0.2) is 30.1 Å². The number of carbonyl (C=O) groups is 2. The van der Waals surface area contributed by atoms with Crippen molar-refractivity contribution >= 4 is 11.9 Å². The maximum absolute atomic E-state index is 14.2. The number of hydrogen-bond donors (Lipinski definition) is 2. The van der Waals surface area contributed by atoms with Crippen LogP contribution in [0, 0.1) is 5.82 Å². The number of carboxylic acids is 1. The first-order valence-corrected chi connectivity index (χ1v) is 7.90. The molecule has 2 aromatic rings. The highest BCUT2D eigenvalue weighted by Crippen LogP contribution is 2.20. The quantitative estimate of drug-likeness (QED) is 0.771. The second-order valence-corrected chi connectivity index (χ2v) is 5.61. The van der Waals surface area contributed by atoms with Crippen LogP contribution < -0.4 is 10.1 Å². The summed E-state index contributed by atoms with van der Waals surface area (Å²) in [4.78, 5) is 23.3. The lowest BCUT2D eigenvalue weighted by atomic mass is 10.0. The number of hydrogen-bond acceptors (Lipinski definition) is 3. The molecule has 5 nitrogen and oxygen atoms in total. The first kappa shape index (κ1) is 18.4. The number of halogens is 1. The summed E-state index contributed by atoms with van der Waals surface area (Å²) < 4.78 is 19.1. The van der Waals surface area contributed by atoms with Gasteiger partial charge in [-0.15, -0.1) is 0 Å². The van der Waals surface area contributed by atoms with Gasteiger partial charge in [-0.05, 0) is 30.5 Å². The molecule has 2 N–H and O–H groups in total. The highest BCUT2D eigenvalue weighted by molar-refractivity contribution is 5.95. The summed E-state index contributed by atoms with van der Waals surface area (Å²) in [5.74, 6) is -2.29. The van der Waals surface area contributed by atoms with Gasteiger partial charge in [0, 0.05) is 12.5 Å². The van der Waals surface area contributed by atoms with Crippen LogP contribution in [0.15, 0.2) is 48.5 Å². The van der Waals surface area contributed by atoms with Gasteiger partial charge in [0.05, 0.1) is 12.7 Å². The van der Waals surface area contributed by atoms with E-state index in [1.165, 1.54) is 25.3 Å². The molecule has 2 rings (SSSR count). The standard InChI is InChI=1S/C19H20FNO4/c1-25-16-9-5-8-15(18(16)20)19(24)21-14(10-11-17(22)23)12-13-6-3-2-4-7-13/h2-9,14H,10-12H2,1H3,(H,21,24)(H,22,23). The van der Waals surface area contributed by atoms with Crippen LogP contribution in [0.2, 0.25) is 0 Å². The van der Waals surface area contributed by atoms with Gasteiger partial charge in [-0.3, -0.25) is 9.59 Å². The number of carboxylic acid groups (broad SMARTS) is 1. The monoisotopic (exact) mass is 345 g/mol. The molecule has 0 saturated carbocycles. The van der Waals surface area contributed by atoms with Gasteiger partial charge in [0.25, 0.3) is 5.91 Å². The third-order valence-corrected chi connectivity index (χ3v) is 3.79. The lowest BCUT2D eigenvalue weighted by molar-refractivity contribution is -0.137. The number of carbonyl (C=O) groups excluding carboxylic acids is 1. The summed E-state index contributed by atoms with van der Waals surface area (Å²) in [6, 6.07) is 13.3. The van der Waals surface area contributed by atoms with Crippen molar-refractivity contribution in [3.8, 4) is 5.75 Å². The van der Waals surface area contributed by atoms with E-state index in [9.17, 15) is 14.0 Å². The van der Waals surface area contributed by atoms with Crippen molar-refractivity contribution in [2.24, 2.45) is 0 Å². The molecular weight excluding hydrogens is 325 g/mol. The van der Waals surface area contributed by atoms with Crippen LogP contribution >= 0.6 is 0 Å². The van der Waals surface area contributed by atoms with Crippen molar-refractivity contribution in [3.05, 3.63) is 65.5 Å². The van der Waals surface area contributed by atoms with Crippen molar-refractivity contribution in [2.45, 2.75) is 25.3 Å². The molecule has 1 atom stereocenters. The van der Waals surface area contributed by atoms with Gasteiger partial charge in [-0.2, -0.15) is 0 Å². The minimum Gasteiger partial charge on any atom is -0.494 e. The van der Waals surface area contributed by atoms with Crippen LogP contribution in [0.5, 0.6) is 5.75 Å². The van der Waals surface area contributed by atoms with Crippen molar-refractivity contribution in [1.29, 1.82) is 0 Å². The Kier molecular flexibility index (Phi) is 6.51. The van der Waals surface area contributed by atoms with Gasteiger partial charge in [0.1, 0.15) is 0 Å². The Bertz CT molecular complexity index is 733. The first-order valence-electron chi connectivity index (χ1n) is 7.90. The molecule has 0 radical (unpaired) electrons. The predicted octanol–water partition coefficient (Wildman–Crippen LogP) is 3.04. The van der Waals surface area contributed by atoms with Crippen molar-refractivity contribution in [2.75, 3.05) is 7.11 Å². The molecule has 0 aliphatic carbocycles. The maximum atomic E-state index is 14.2. The van der Waals surface area contributed by atoms with E-state index in [0.29, 0.717) is 6.42 Å². The molecule has 6 heteroatoms. The van der Waals surface area contributed by atoms with E-state index in [2.05, 4.69) is 5.32 Å². The Morgan fingerprint density at radius 3 is 2.52 bits per heavy atom. The smallest absolute Gasteiger partial charge is 0.303 e. The molecule has 0 spiro atoms. The molecule has 0 aliphatic rings. The Morgan fingerprint density at radius 2 is 1.88 bits per heavy atom. The van der Waals surface area contributed by atoms with E-state index in [1.807, 2.05) is 30.3 Å². The van der Waals surface area contributed by atoms with Crippen molar-refractivity contribution in [1.82, 2.24) is 5.32 Å². The minimum atomic E-state index is -0.945. The minimum absolute atomic E-state index is 0.0159. The van der Waals surface area contributed by atoms with E-state index >= 15 is 0 Å². The van der Waals surface area contributed by atoms with Crippen molar-refractivity contribution in [3.63, 3.8) is 0 Å². The van der Waals surface area contributed by atoms with E-state index in [-0.39, 0.29) is 24.2 Å². The molecule has 0 aliphatic heterocycles. The molecular formula is C19H20FNO4. The van der Waals surface area contributed by atoms with Gasteiger partial charge in [-0.25, -0.2) is 4.39 Å². The summed E-state index contributed by atoms with van der Waals surface area (Å²) >= 11 is 0. The van der Waals surface area contributed by atoms with E-state index in [0.717, 1.165) is 5.56 Å². The highest BCUT2D eigenvalue weighted by Gasteiger charge is 2.20. The second kappa shape index (κ2) is 8.82. The number of aliphatic carboxylic acids is 1. The summed E-state index contributed by atoms with van der Waals surface area (Å²) in [6.45, 7) is 0. The van der Waals surface area contributed by atoms with E-state index in [1.54, 1.807) is 0 Å². The molecule has 0 saturated heterocycles. The summed E-state index contributed by atoms with van der Waals surface area (Å²) in [6.07, 6.45) is 0.630. The number of nitrogens with one attached hydrogen (secondary N) is 1.